The van der Waals surface area contributed by atoms with Crippen LogP contribution in [0.3, 0.4) is 0 Å². The smallest absolute Gasteiger partial charge is 0.211 e. The van der Waals surface area contributed by atoms with Gasteiger partial charge in [0.2, 0.25) is 10.0 Å². The van der Waals surface area contributed by atoms with Gasteiger partial charge in [0.05, 0.1) is 5.75 Å². The molecule has 0 bridgehead atoms. The highest BCUT2D eigenvalue weighted by molar-refractivity contribution is 7.89. The van der Waals surface area contributed by atoms with E-state index in [1.165, 1.54) is 12.8 Å². The number of hydrogen-bond donors (Lipinski definition) is 2. The van der Waals surface area contributed by atoms with E-state index in [4.69, 9.17) is 0 Å². The molecule has 1 unspecified atom stereocenters. The first-order chi connectivity index (χ1) is 8.14. The summed E-state index contributed by atoms with van der Waals surface area (Å²) >= 11 is 0. The maximum atomic E-state index is 11.7. The highest BCUT2D eigenvalue weighted by Crippen LogP contribution is 2.10. The normalized spacial score (nSPS) is 22.1. The number of rotatable bonds is 7. The van der Waals surface area contributed by atoms with Crippen LogP contribution >= 0.6 is 0 Å². The van der Waals surface area contributed by atoms with Crippen LogP contribution < -0.4 is 10.0 Å². The molecule has 1 aliphatic rings. The van der Waals surface area contributed by atoms with Crippen molar-refractivity contribution < 1.29 is 8.42 Å². The molecule has 1 fully saturated rings. The van der Waals surface area contributed by atoms with Gasteiger partial charge in [0.1, 0.15) is 0 Å². The standard InChI is InChI=1S/C12H24N2O2S/c1-2-3-5-10-14-17(15,16)11-8-12-7-4-6-9-13-12/h2-3,12-14H,4-11H2,1H3/b3-2+. The molecule has 0 saturated carbocycles. The Morgan fingerprint density at radius 1 is 1.41 bits per heavy atom. The predicted molar refractivity (Wildman–Crippen MR) is 71.5 cm³/mol. The molecule has 0 radical (unpaired) electrons. The van der Waals surface area contributed by atoms with Crippen molar-refractivity contribution in [3.63, 3.8) is 0 Å². The molecule has 1 rings (SSSR count). The van der Waals surface area contributed by atoms with Gasteiger partial charge in [0.25, 0.3) is 0 Å². The summed E-state index contributed by atoms with van der Waals surface area (Å²) in [6, 6.07) is 0.385. The molecule has 0 spiro atoms. The van der Waals surface area contributed by atoms with Crippen LogP contribution in [0.2, 0.25) is 0 Å². The van der Waals surface area contributed by atoms with E-state index >= 15 is 0 Å². The fourth-order valence-corrected chi connectivity index (χ4v) is 3.17. The molecule has 0 amide bonds. The van der Waals surface area contributed by atoms with Gasteiger partial charge in [0, 0.05) is 12.6 Å². The number of piperidine rings is 1. The third-order valence-corrected chi connectivity index (χ3v) is 4.43. The highest BCUT2D eigenvalue weighted by atomic mass is 32.2. The third kappa shape index (κ3) is 6.81. The molecule has 100 valence electrons. The van der Waals surface area contributed by atoms with Crippen molar-refractivity contribution in [3.8, 4) is 0 Å². The van der Waals surface area contributed by atoms with E-state index in [1.807, 2.05) is 19.1 Å². The summed E-state index contributed by atoms with van der Waals surface area (Å²) < 4.78 is 26.0. The Hall–Kier alpha value is -0.390. The Morgan fingerprint density at radius 3 is 2.88 bits per heavy atom. The number of hydrogen-bond acceptors (Lipinski definition) is 3. The molecule has 5 heteroatoms. The lowest BCUT2D eigenvalue weighted by atomic mass is 10.0. The zero-order valence-corrected chi connectivity index (χ0v) is 11.4. The first-order valence-electron chi connectivity index (χ1n) is 6.46. The molecule has 1 atom stereocenters. The maximum Gasteiger partial charge on any atom is 0.211 e. The lowest BCUT2D eigenvalue weighted by molar-refractivity contribution is 0.392. The number of sulfonamides is 1. The number of allylic oxidation sites excluding steroid dienone is 1. The van der Waals surface area contributed by atoms with E-state index in [0.717, 1.165) is 25.8 Å². The molecule has 1 heterocycles. The van der Waals surface area contributed by atoms with Gasteiger partial charge >= 0.3 is 0 Å². The van der Waals surface area contributed by atoms with Crippen molar-refractivity contribution in [2.75, 3.05) is 18.8 Å². The third-order valence-electron chi connectivity index (χ3n) is 3.02. The Bertz CT molecular complexity index is 319. The van der Waals surface area contributed by atoms with Gasteiger partial charge in [-0.25, -0.2) is 13.1 Å². The van der Waals surface area contributed by atoms with Gasteiger partial charge in [-0.2, -0.15) is 0 Å². The fraction of sp³-hybridized carbons (Fsp3) is 0.833. The summed E-state index contributed by atoms with van der Waals surface area (Å²) in [4.78, 5) is 0. The lowest BCUT2D eigenvalue weighted by Crippen LogP contribution is -2.37. The fourth-order valence-electron chi connectivity index (χ4n) is 2.00. The lowest BCUT2D eigenvalue weighted by Gasteiger charge is -2.23. The van der Waals surface area contributed by atoms with Crippen molar-refractivity contribution in [3.05, 3.63) is 12.2 Å². The summed E-state index contributed by atoms with van der Waals surface area (Å²) in [5.74, 6) is 0.237. The van der Waals surface area contributed by atoms with Gasteiger partial charge < -0.3 is 5.32 Å². The van der Waals surface area contributed by atoms with E-state index in [0.29, 0.717) is 12.6 Å². The van der Waals surface area contributed by atoms with Crippen LogP contribution in [-0.2, 0) is 10.0 Å². The topological polar surface area (TPSA) is 58.2 Å². The van der Waals surface area contributed by atoms with Crippen LogP contribution in [0.1, 0.15) is 39.0 Å². The average Bonchev–Trinajstić information content (AvgIpc) is 2.34. The molecular formula is C12H24N2O2S. The van der Waals surface area contributed by atoms with E-state index in [2.05, 4.69) is 10.0 Å². The Labute approximate surface area is 105 Å². The summed E-state index contributed by atoms with van der Waals surface area (Å²) in [5, 5.41) is 3.36. The second kappa shape index (κ2) is 7.84. The SMILES string of the molecule is C/C=C/CCNS(=O)(=O)CCC1CCCCN1. The maximum absolute atomic E-state index is 11.7. The van der Waals surface area contributed by atoms with Crippen molar-refractivity contribution in [1.82, 2.24) is 10.0 Å². The highest BCUT2D eigenvalue weighted by Gasteiger charge is 2.16. The summed E-state index contributed by atoms with van der Waals surface area (Å²) in [6.45, 7) is 3.47. The molecular weight excluding hydrogens is 236 g/mol. The van der Waals surface area contributed by atoms with Crippen molar-refractivity contribution in [2.45, 2.75) is 45.1 Å². The average molecular weight is 260 g/mol. The van der Waals surface area contributed by atoms with Crippen LogP contribution in [0, 0.1) is 0 Å². The molecule has 0 aliphatic carbocycles. The van der Waals surface area contributed by atoms with Gasteiger partial charge in [-0.05, 0) is 39.2 Å². The Kier molecular flexibility index (Phi) is 6.77. The molecule has 0 aromatic carbocycles. The first-order valence-corrected chi connectivity index (χ1v) is 8.11. The predicted octanol–water partition coefficient (Wildman–Crippen LogP) is 1.40. The summed E-state index contributed by atoms with van der Waals surface area (Å²) in [5.41, 5.74) is 0. The van der Waals surface area contributed by atoms with Crippen LogP contribution in [-0.4, -0.2) is 33.3 Å². The molecule has 2 N–H and O–H groups in total. The van der Waals surface area contributed by atoms with Crippen molar-refractivity contribution in [1.29, 1.82) is 0 Å². The van der Waals surface area contributed by atoms with Crippen molar-refractivity contribution in [2.24, 2.45) is 0 Å². The van der Waals surface area contributed by atoms with Gasteiger partial charge in [-0.15, -0.1) is 0 Å². The molecule has 17 heavy (non-hydrogen) atoms. The Morgan fingerprint density at radius 2 is 2.24 bits per heavy atom. The first kappa shape index (κ1) is 14.7. The van der Waals surface area contributed by atoms with E-state index < -0.39 is 10.0 Å². The second-order valence-corrected chi connectivity index (χ2v) is 6.43. The monoisotopic (exact) mass is 260 g/mol. The van der Waals surface area contributed by atoms with Gasteiger partial charge in [-0.1, -0.05) is 18.6 Å². The van der Waals surface area contributed by atoms with Crippen molar-refractivity contribution >= 4 is 10.0 Å². The molecule has 0 aromatic rings. The van der Waals surface area contributed by atoms with Crippen LogP contribution in [0.5, 0.6) is 0 Å². The van der Waals surface area contributed by atoms with Crippen LogP contribution in [0.4, 0.5) is 0 Å². The van der Waals surface area contributed by atoms with Crippen LogP contribution in [0.15, 0.2) is 12.2 Å². The molecule has 1 saturated heterocycles. The van der Waals surface area contributed by atoms with Crippen LogP contribution in [0.25, 0.3) is 0 Å². The minimum atomic E-state index is -3.09. The second-order valence-electron chi connectivity index (χ2n) is 4.51. The minimum Gasteiger partial charge on any atom is -0.314 e. The zero-order chi connectivity index (χ0) is 12.6. The Balaban J connectivity index is 2.19. The molecule has 1 aliphatic heterocycles. The number of nitrogens with one attached hydrogen (secondary N) is 2. The van der Waals surface area contributed by atoms with Gasteiger partial charge in [0.15, 0.2) is 0 Å². The quantitative estimate of drug-likeness (QED) is 0.537. The summed E-state index contributed by atoms with van der Waals surface area (Å²) in [6.07, 6.45) is 8.91. The van der Waals surface area contributed by atoms with E-state index in [9.17, 15) is 8.42 Å². The minimum absolute atomic E-state index is 0.237. The van der Waals surface area contributed by atoms with Gasteiger partial charge in [-0.3, -0.25) is 0 Å². The van der Waals surface area contributed by atoms with E-state index in [1.54, 1.807) is 0 Å². The molecule has 4 nitrogen and oxygen atoms in total. The van der Waals surface area contributed by atoms with E-state index in [-0.39, 0.29) is 5.75 Å². The summed E-state index contributed by atoms with van der Waals surface area (Å²) in [7, 11) is -3.09. The largest absolute Gasteiger partial charge is 0.314 e. The molecule has 0 aromatic heterocycles. The zero-order valence-electron chi connectivity index (χ0n) is 10.6.